The Kier molecular flexibility index (Phi) is 6.92. The fourth-order valence-corrected chi connectivity index (χ4v) is 4.79. The Bertz CT molecular complexity index is 953. The number of nitrogens with zero attached hydrogens (tertiary/aromatic N) is 1. The zero-order valence-electron chi connectivity index (χ0n) is 17.2. The number of hydrogen-bond acceptors (Lipinski definition) is 5. The SMILES string of the molecule is COCCNC(=O)CC(Nc1nc2ccccc2[nH]1)c1cccc(SC2CCC2)c1. The molecule has 1 amide bonds. The van der Waals surface area contributed by atoms with Crippen molar-refractivity contribution in [3.63, 3.8) is 0 Å². The van der Waals surface area contributed by atoms with Crippen molar-refractivity contribution >= 4 is 34.7 Å². The smallest absolute Gasteiger partial charge is 0.222 e. The molecule has 6 nitrogen and oxygen atoms in total. The highest BCUT2D eigenvalue weighted by molar-refractivity contribution is 8.00. The predicted octanol–water partition coefficient (Wildman–Crippen LogP) is 4.51. The van der Waals surface area contributed by atoms with Gasteiger partial charge in [0, 0.05) is 23.8 Å². The van der Waals surface area contributed by atoms with E-state index >= 15 is 0 Å². The van der Waals surface area contributed by atoms with Crippen molar-refractivity contribution in [3.05, 3.63) is 54.1 Å². The minimum absolute atomic E-state index is 0.0160. The fraction of sp³-hybridized carbons (Fsp3) is 0.391. The molecule has 0 spiro atoms. The predicted molar refractivity (Wildman–Crippen MR) is 122 cm³/mol. The number of amides is 1. The zero-order valence-corrected chi connectivity index (χ0v) is 18.0. The Morgan fingerprint density at radius 1 is 1.27 bits per heavy atom. The summed E-state index contributed by atoms with van der Waals surface area (Å²) in [5.74, 6) is 0.653. The second-order valence-corrected chi connectivity index (χ2v) is 8.96. The second kappa shape index (κ2) is 10.00. The van der Waals surface area contributed by atoms with Crippen molar-refractivity contribution in [2.75, 3.05) is 25.6 Å². The summed E-state index contributed by atoms with van der Waals surface area (Å²) in [6, 6.07) is 16.2. The van der Waals surface area contributed by atoms with Crippen LogP contribution in [0.1, 0.15) is 37.3 Å². The summed E-state index contributed by atoms with van der Waals surface area (Å²) in [4.78, 5) is 21.7. The quantitative estimate of drug-likeness (QED) is 0.417. The molecule has 1 fully saturated rings. The van der Waals surface area contributed by atoms with Gasteiger partial charge < -0.3 is 20.4 Å². The molecule has 0 aliphatic heterocycles. The zero-order chi connectivity index (χ0) is 20.8. The number of fused-ring (bicyclic) bond motifs is 1. The molecular weight excluding hydrogens is 396 g/mol. The number of hydrogen-bond donors (Lipinski definition) is 3. The molecule has 3 aromatic rings. The van der Waals surface area contributed by atoms with Gasteiger partial charge in [-0.15, -0.1) is 11.8 Å². The highest BCUT2D eigenvalue weighted by Gasteiger charge is 2.21. The van der Waals surface area contributed by atoms with Gasteiger partial charge in [-0.1, -0.05) is 30.7 Å². The molecule has 1 unspecified atom stereocenters. The van der Waals surface area contributed by atoms with E-state index in [0.29, 0.717) is 25.5 Å². The number of H-pyrrole nitrogens is 1. The summed E-state index contributed by atoms with van der Waals surface area (Å²) >= 11 is 1.94. The van der Waals surface area contributed by atoms with Gasteiger partial charge in [0.1, 0.15) is 0 Å². The summed E-state index contributed by atoms with van der Waals surface area (Å²) < 4.78 is 5.03. The number of benzene rings is 2. The molecule has 30 heavy (non-hydrogen) atoms. The molecule has 158 valence electrons. The third kappa shape index (κ3) is 5.34. The van der Waals surface area contributed by atoms with Gasteiger partial charge in [0.2, 0.25) is 11.9 Å². The van der Waals surface area contributed by atoms with Gasteiger partial charge in [-0.05, 0) is 42.7 Å². The molecule has 1 aliphatic carbocycles. The lowest BCUT2D eigenvalue weighted by Gasteiger charge is -2.25. The van der Waals surface area contributed by atoms with E-state index in [0.717, 1.165) is 21.8 Å². The molecule has 1 atom stereocenters. The first-order chi connectivity index (χ1) is 14.7. The summed E-state index contributed by atoms with van der Waals surface area (Å²) in [6.07, 6.45) is 4.22. The number of thioether (sulfide) groups is 1. The van der Waals surface area contributed by atoms with Crippen LogP contribution in [0.25, 0.3) is 11.0 Å². The van der Waals surface area contributed by atoms with E-state index in [9.17, 15) is 4.79 Å². The van der Waals surface area contributed by atoms with E-state index in [2.05, 4.69) is 44.9 Å². The maximum absolute atomic E-state index is 12.5. The van der Waals surface area contributed by atoms with Crippen molar-refractivity contribution in [2.24, 2.45) is 0 Å². The maximum atomic E-state index is 12.5. The number of carbonyl (C=O) groups excluding carboxylic acids is 1. The number of ether oxygens (including phenoxy) is 1. The Morgan fingerprint density at radius 2 is 2.13 bits per heavy atom. The van der Waals surface area contributed by atoms with E-state index in [1.165, 1.54) is 24.2 Å². The van der Waals surface area contributed by atoms with E-state index in [-0.39, 0.29) is 11.9 Å². The van der Waals surface area contributed by atoms with Gasteiger partial charge in [-0.25, -0.2) is 4.98 Å². The Labute approximate surface area is 181 Å². The number of aromatic amines is 1. The van der Waals surface area contributed by atoms with Gasteiger partial charge in [0.25, 0.3) is 0 Å². The van der Waals surface area contributed by atoms with Crippen LogP contribution in [0.15, 0.2) is 53.4 Å². The van der Waals surface area contributed by atoms with Crippen LogP contribution >= 0.6 is 11.8 Å². The van der Waals surface area contributed by atoms with E-state index < -0.39 is 0 Å². The van der Waals surface area contributed by atoms with Crippen LogP contribution in [0.3, 0.4) is 0 Å². The lowest BCUT2D eigenvalue weighted by atomic mass is 10.00. The summed E-state index contributed by atoms with van der Waals surface area (Å²) in [5.41, 5.74) is 2.96. The maximum Gasteiger partial charge on any atom is 0.222 e. The largest absolute Gasteiger partial charge is 0.383 e. The topological polar surface area (TPSA) is 79.0 Å². The lowest BCUT2D eigenvalue weighted by molar-refractivity contribution is -0.121. The molecule has 1 aliphatic rings. The summed E-state index contributed by atoms with van der Waals surface area (Å²) in [5, 5.41) is 7.09. The van der Waals surface area contributed by atoms with Crippen LogP contribution in [-0.4, -0.2) is 41.4 Å². The second-order valence-electron chi connectivity index (χ2n) is 7.59. The first-order valence-corrected chi connectivity index (χ1v) is 11.3. The van der Waals surface area contributed by atoms with Crippen LogP contribution in [-0.2, 0) is 9.53 Å². The minimum Gasteiger partial charge on any atom is -0.383 e. The van der Waals surface area contributed by atoms with Crippen LogP contribution in [0, 0.1) is 0 Å². The van der Waals surface area contributed by atoms with E-state index in [4.69, 9.17) is 4.74 Å². The molecule has 0 saturated heterocycles. The number of carbonyl (C=O) groups is 1. The van der Waals surface area contributed by atoms with E-state index in [1.807, 2.05) is 36.0 Å². The molecule has 1 heterocycles. The normalized spacial score (nSPS) is 15.0. The van der Waals surface area contributed by atoms with Crippen molar-refractivity contribution in [1.82, 2.24) is 15.3 Å². The Morgan fingerprint density at radius 3 is 2.90 bits per heavy atom. The first-order valence-electron chi connectivity index (χ1n) is 10.4. The average Bonchev–Trinajstić information content (AvgIpc) is 3.13. The van der Waals surface area contributed by atoms with E-state index in [1.54, 1.807) is 7.11 Å². The number of aromatic nitrogens is 2. The van der Waals surface area contributed by atoms with Crippen LogP contribution in [0.4, 0.5) is 5.95 Å². The molecule has 4 rings (SSSR count). The molecule has 1 aromatic heterocycles. The molecule has 0 radical (unpaired) electrons. The van der Waals surface area contributed by atoms with Crippen molar-refractivity contribution in [3.8, 4) is 0 Å². The fourth-order valence-electron chi connectivity index (χ4n) is 3.47. The first kappa shape index (κ1) is 20.8. The molecule has 7 heteroatoms. The van der Waals surface area contributed by atoms with Crippen LogP contribution in [0.5, 0.6) is 0 Å². The molecular formula is C23H28N4O2S. The van der Waals surface area contributed by atoms with Crippen LogP contribution < -0.4 is 10.6 Å². The Hall–Kier alpha value is -2.51. The summed E-state index contributed by atoms with van der Waals surface area (Å²) in [6.45, 7) is 1.01. The molecule has 3 N–H and O–H groups in total. The highest BCUT2D eigenvalue weighted by atomic mass is 32.2. The monoisotopic (exact) mass is 424 g/mol. The van der Waals surface area contributed by atoms with Gasteiger partial charge in [-0.2, -0.15) is 0 Å². The van der Waals surface area contributed by atoms with Crippen LogP contribution in [0.2, 0.25) is 0 Å². The number of rotatable bonds is 10. The Balaban J connectivity index is 1.53. The number of nitrogens with one attached hydrogen (secondary N) is 3. The minimum atomic E-state index is -0.185. The lowest BCUT2D eigenvalue weighted by Crippen LogP contribution is -2.30. The summed E-state index contributed by atoms with van der Waals surface area (Å²) in [7, 11) is 1.63. The molecule has 0 bridgehead atoms. The number of anilines is 1. The third-order valence-electron chi connectivity index (χ3n) is 5.33. The number of methoxy groups -OCH3 is 1. The standard InChI is InChI=1S/C23H28N4O2S/c1-29-13-12-24-22(28)15-21(27-23-25-19-10-2-3-11-20(19)26-23)16-6-4-9-18(14-16)30-17-7-5-8-17/h2-4,6,9-11,14,17,21H,5,7-8,12-13,15H2,1H3,(H,24,28)(H2,25,26,27). The van der Waals surface area contributed by atoms with Crippen molar-refractivity contribution in [1.29, 1.82) is 0 Å². The van der Waals surface area contributed by atoms with Gasteiger partial charge in [0.15, 0.2) is 0 Å². The van der Waals surface area contributed by atoms with Crippen molar-refractivity contribution < 1.29 is 9.53 Å². The number of para-hydroxylation sites is 2. The highest BCUT2D eigenvalue weighted by Crippen LogP contribution is 2.37. The number of imidazole rings is 1. The van der Waals surface area contributed by atoms with Gasteiger partial charge in [-0.3, -0.25) is 4.79 Å². The van der Waals surface area contributed by atoms with Gasteiger partial charge >= 0.3 is 0 Å². The molecule has 2 aromatic carbocycles. The third-order valence-corrected chi connectivity index (χ3v) is 6.66. The van der Waals surface area contributed by atoms with Crippen molar-refractivity contribution in [2.45, 2.75) is 41.9 Å². The van der Waals surface area contributed by atoms with Gasteiger partial charge in [0.05, 0.1) is 30.1 Å². The average molecular weight is 425 g/mol. The molecule has 1 saturated carbocycles.